The van der Waals surface area contributed by atoms with Gasteiger partial charge in [-0.3, -0.25) is 4.79 Å². The van der Waals surface area contributed by atoms with Gasteiger partial charge < -0.3 is 29.6 Å². The van der Waals surface area contributed by atoms with Gasteiger partial charge in [-0.2, -0.15) is 0 Å². The van der Waals surface area contributed by atoms with E-state index in [4.69, 9.17) is 18.9 Å². The number of nitrogens with zero attached hydrogens (tertiary/aromatic N) is 2. The van der Waals surface area contributed by atoms with Crippen molar-refractivity contribution < 1.29 is 23.7 Å². The maximum Gasteiger partial charge on any atom is 0.246 e. The van der Waals surface area contributed by atoms with Gasteiger partial charge in [-0.25, -0.2) is 9.97 Å². The number of rotatable bonds is 7. The van der Waals surface area contributed by atoms with Crippen LogP contribution in [0.5, 0.6) is 5.75 Å². The van der Waals surface area contributed by atoms with Crippen LogP contribution in [-0.2, 0) is 19.0 Å². The van der Waals surface area contributed by atoms with Gasteiger partial charge in [0, 0.05) is 18.9 Å². The van der Waals surface area contributed by atoms with Crippen molar-refractivity contribution in [2.24, 2.45) is 0 Å². The van der Waals surface area contributed by atoms with E-state index in [0.717, 1.165) is 17.0 Å². The number of methoxy groups -OCH3 is 2. The summed E-state index contributed by atoms with van der Waals surface area (Å²) in [6, 6.07) is 9.22. The maximum atomic E-state index is 11.8. The van der Waals surface area contributed by atoms with Crippen molar-refractivity contribution in [3.63, 3.8) is 0 Å². The van der Waals surface area contributed by atoms with Crippen molar-refractivity contribution in [3.05, 3.63) is 36.5 Å². The van der Waals surface area contributed by atoms with Crippen LogP contribution in [0.2, 0.25) is 0 Å². The lowest BCUT2D eigenvalue weighted by Crippen LogP contribution is -2.45. The third-order valence-electron chi connectivity index (χ3n) is 5.03. The first-order valence-corrected chi connectivity index (χ1v) is 9.44. The first-order valence-electron chi connectivity index (χ1n) is 9.44. The first-order chi connectivity index (χ1) is 14.2. The highest BCUT2D eigenvalue weighted by Crippen LogP contribution is 2.30. The Morgan fingerprint density at radius 2 is 1.90 bits per heavy atom. The van der Waals surface area contributed by atoms with Gasteiger partial charge in [0.15, 0.2) is 0 Å². The summed E-state index contributed by atoms with van der Waals surface area (Å²) in [5, 5.41) is 6.20. The van der Waals surface area contributed by atoms with Crippen LogP contribution >= 0.6 is 0 Å². The molecule has 4 rings (SSSR count). The number of para-hydroxylation sites is 1. The van der Waals surface area contributed by atoms with Gasteiger partial charge in [0.1, 0.15) is 24.6 Å². The highest BCUT2D eigenvalue weighted by Gasteiger charge is 2.48. The Morgan fingerprint density at radius 3 is 2.69 bits per heavy atom. The molecule has 2 aromatic rings. The fraction of sp³-hybridized carbons (Fsp3) is 0.450. The predicted molar refractivity (Wildman–Crippen MR) is 105 cm³/mol. The molecule has 9 nitrogen and oxygen atoms in total. The number of aromatic nitrogens is 2. The summed E-state index contributed by atoms with van der Waals surface area (Å²) in [4.78, 5) is 20.7. The molecule has 2 saturated heterocycles. The monoisotopic (exact) mass is 400 g/mol. The summed E-state index contributed by atoms with van der Waals surface area (Å²) in [5.74, 6) is 1.04. The second-order valence-corrected chi connectivity index (χ2v) is 6.92. The van der Waals surface area contributed by atoms with Crippen LogP contribution in [0.1, 0.15) is 0 Å². The summed E-state index contributed by atoms with van der Waals surface area (Å²) in [6.07, 6.45) is 1.29. The zero-order valence-corrected chi connectivity index (χ0v) is 16.3. The number of carbonyl (C=O) groups is 1. The van der Waals surface area contributed by atoms with Gasteiger partial charge in [-0.1, -0.05) is 12.1 Å². The van der Waals surface area contributed by atoms with Crippen LogP contribution in [0.15, 0.2) is 36.5 Å². The third-order valence-corrected chi connectivity index (χ3v) is 5.03. The fourth-order valence-electron chi connectivity index (χ4n) is 3.73. The average molecular weight is 400 g/mol. The van der Waals surface area contributed by atoms with E-state index in [1.165, 1.54) is 7.11 Å². The molecule has 2 N–H and O–H groups in total. The minimum atomic E-state index is -0.217. The molecular formula is C20H24N4O5. The molecule has 1 amide bonds. The van der Waals surface area contributed by atoms with Crippen LogP contribution in [0.3, 0.4) is 0 Å². The molecule has 2 fully saturated rings. The third kappa shape index (κ3) is 4.16. The highest BCUT2D eigenvalue weighted by atomic mass is 16.6. The molecule has 4 atom stereocenters. The molecule has 2 aliphatic rings. The smallest absolute Gasteiger partial charge is 0.246 e. The normalized spacial score (nSPS) is 25.4. The van der Waals surface area contributed by atoms with Gasteiger partial charge in [0.05, 0.1) is 38.1 Å². The predicted octanol–water partition coefficient (Wildman–Crippen LogP) is 0.862. The largest absolute Gasteiger partial charge is 0.496 e. The molecule has 0 spiro atoms. The van der Waals surface area contributed by atoms with E-state index in [0.29, 0.717) is 19.2 Å². The first kappa shape index (κ1) is 19.6. The van der Waals surface area contributed by atoms with Crippen molar-refractivity contribution in [1.82, 2.24) is 15.3 Å². The van der Waals surface area contributed by atoms with Crippen molar-refractivity contribution in [2.75, 3.05) is 39.4 Å². The van der Waals surface area contributed by atoms with E-state index in [2.05, 4.69) is 20.6 Å². The number of carbonyl (C=O) groups excluding carboxylic acids is 1. The summed E-state index contributed by atoms with van der Waals surface area (Å²) in [7, 11) is 3.12. The van der Waals surface area contributed by atoms with Crippen molar-refractivity contribution in [2.45, 2.75) is 24.3 Å². The molecule has 154 valence electrons. The van der Waals surface area contributed by atoms with E-state index in [1.54, 1.807) is 13.3 Å². The summed E-state index contributed by atoms with van der Waals surface area (Å²) in [6.45, 7) is 0.846. The van der Waals surface area contributed by atoms with E-state index < -0.39 is 0 Å². The molecule has 3 heterocycles. The van der Waals surface area contributed by atoms with E-state index >= 15 is 0 Å². The number of fused-ring (bicyclic) bond motifs is 1. The lowest BCUT2D eigenvalue weighted by Gasteiger charge is -2.18. The Kier molecular flexibility index (Phi) is 5.89. The van der Waals surface area contributed by atoms with Gasteiger partial charge in [-0.05, 0) is 18.2 Å². The summed E-state index contributed by atoms with van der Waals surface area (Å²) >= 11 is 0. The van der Waals surface area contributed by atoms with Crippen LogP contribution in [0, 0.1) is 0 Å². The van der Waals surface area contributed by atoms with Crippen LogP contribution in [0.4, 0.5) is 5.95 Å². The van der Waals surface area contributed by atoms with Crippen LogP contribution in [0.25, 0.3) is 11.3 Å². The Labute approximate surface area is 168 Å². The minimum absolute atomic E-state index is 0.0130. The Hall–Kier alpha value is -2.75. The molecule has 1 aromatic heterocycles. The Bertz CT molecular complexity index is 864. The lowest BCUT2D eigenvalue weighted by molar-refractivity contribution is -0.126. The van der Waals surface area contributed by atoms with E-state index in [-0.39, 0.29) is 36.8 Å². The number of ether oxygens (including phenoxy) is 4. The second kappa shape index (κ2) is 8.73. The SMILES string of the molecule is COCC(=O)N[C@H]1CO[C@H]2[C@@H]1OC[C@@H]2Nc1nccc(-c2ccccc2OC)n1. The molecule has 2 aliphatic heterocycles. The molecule has 29 heavy (non-hydrogen) atoms. The summed E-state index contributed by atoms with van der Waals surface area (Å²) < 4.78 is 22.1. The van der Waals surface area contributed by atoms with Gasteiger partial charge >= 0.3 is 0 Å². The average Bonchev–Trinajstić information content (AvgIpc) is 3.32. The molecule has 0 radical (unpaired) electrons. The van der Waals surface area contributed by atoms with Crippen molar-refractivity contribution in [3.8, 4) is 17.0 Å². The lowest BCUT2D eigenvalue weighted by atomic mass is 10.1. The van der Waals surface area contributed by atoms with Gasteiger partial charge in [0.25, 0.3) is 0 Å². The highest BCUT2D eigenvalue weighted by molar-refractivity contribution is 5.77. The Balaban J connectivity index is 1.44. The van der Waals surface area contributed by atoms with E-state index in [9.17, 15) is 4.79 Å². The van der Waals surface area contributed by atoms with Crippen LogP contribution < -0.4 is 15.4 Å². The molecular weight excluding hydrogens is 376 g/mol. The van der Waals surface area contributed by atoms with E-state index in [1.807, 2.05) is 30.3 Å². The Morgan fingerprint density at radius 1 is 1.14 bits per heavy atom. The van der Waals surface area contributed by atoms with Crippen molar-refractivity contribution in [1.29, 1.82) is 0 Å². The molecule has 1 aromatic carbocycles. The standard InChI is InChI=1S/C20H24N4O5/c1-26-11-17(25)22-14-9-28-19-15(10-29-18(14)19)24-20-21-8-7-13(23-20)12-5-3-4-6-16(12)27-2/h3-8,14-15,18-19H,9-11H2,1-2H3,(H,22,25)(H,21,23,24)/t14-,15-,18+,19+/m0/s1. The number of hydrogen-bond donors (Lipinski definition) is 2. The number of hydrogen-bond acceptors (Lipinski definition) is 8. The summed E-state index contributed by atoms with van der Waals surface area (Å²) in [5.41, 5.74) is 1.64. The number of benzene rings is 1. The molecule has 0 bridgehead atoms. The molecule has 0 saturated carbocycles. The molecule has 9 heteroatoms. The van der Waals surface area contributed by atoms with Crippen molar-refractivity contribution >= 4 is 11.9 Å². The zero-order valence-electron chi connectivity index (χ0n) is 16.3. The van der Waals surface area contributed by atoms with Crippen LogP contribution in [-0.4, -0.2) is 74.2 Å². The quantitative estimate of drug-likeness (QED) is 0.705. The minimum Gasteiger partial charge on any atom is -0.496 e. The molecule has 0 aliphatic carbocycles. The maximum absolute atomic E-state index is 11.8. The topological polar surface area (TPSA) is 104 Å². The van der Waals surface area contributed by atoms with Gasteiger partial charge in [-0.15, -0.1) is 0 Å². The zero-order chi connectivity index (χ0) is 20.2. The second-order valence-electron chi connectivity index (χ2n) is 6.92. The number of nitrogens with one attached hydrogen (secondary N) is 2. The fourth-order valence-corrected chi connectivity index (χ4v) is 3.73. The number of anilines is 1. The van der Waals surface area contributed by atoms with Gasteiger partial charge in [0.2, 0.25) is 11.9 Å². The number of amides is 1. The molecule has 0 unspecified atom stereocenters.